The number of Topliss-reactive ketones (excluding diaryl/α,β-unsaturated/α-hetero) is 1. The molecule has 1 saturated carbocycles. The third-order valence-electron chi connectivity index (χ3n) is 6.07. The molecule has 2 heteroatoms. The van der Waals surface area contributed by atoms with Gasteiger partial charge < -0.3 is 5.73 Å². The maximum atomic E-state index is 12.9. The first-order valence-corrected chi connectivity index (χ1v) is 10.3. The molecule has 2 nitrogen and oxygen atoms in total. The first kappa shape index (κ1) is 20.2. The van der Waals surface area contributed by atoms with E-state index in [0.717, 1.165) is 45.1 Å². The van der Waals surface area contributed by atoms with Crippen LogP contribution < -0.4 is 5.73 Å². The monoisotopic (exact) mass is 343 g/mol. The number of ketones is 1. The standard InChI is InChI=1S/C23H37NO/c1-17(2)21-14-13-18(3)16-22(21)23(25)12-6-10-19-8-4-5-9-20(19)11-7-15-24/h4-5,8-9,17-18,21-22H,6-7,10-16,24H2,1-3H3/t18?,21-,22+/m0/s1. The Hall–Kier alpha value is -1.15. The van der Waals surface area contributed by atoms with Gasteiger partial charge in [0.2, 0.25) is 0 Å². The van der Waals surface area contributed by atoms with Gasteiger partial charge in [-0.1, -0.05) is 51.5 Å². The van der Waals surface area contributed by atoms with Crippen molar-refractivity contribution in [2.75, 3.05) is 6.54 Å². The Kier molecular flexibility index (Phi) is 8.15. The van der Waals surface area contributed by atoms with Crippen molar-refractivity contribution in [2.45, 2.75) is 72.1 Å². The Labute approximate surface area is 154 Å². The van der Waals surface area contributed by atoms with E-state index >= 15 is 0 Å². The minimum atomic E-state index is 0.302. The fourth-order valence-electron chi connectivity index (χ4n) is 4.55. The maximum absolute atomic E-state index is 12.9. The minimum Gasteiger partial charge on any atom is -0.330 e. The van der Waals surface area contributed by atoms with Crippen LogP contribution in [0.1, 0.15) is 70.4 Å². The van der Waals surface area contributed by atoms with E-state index in [2.05, 4.69) is 45.0 Å². The van der Waals surface area contributed by atoms with E-state index in [-0.39, 0.29) is 0 Å². The minimum absolute atomic E-state index is 0.302. The Morgan fingerprint density at radius 1 is 1.12 bits per heavy atom. The number of hydrogen-bond donors (Lipinski definition) is 1. The van der Waals surface area contributed by atoms with Crippen LogP contribution in [0.15, 0.2) is 24.3 Å². The largest absolute Gasteiger partial charge is 0.330 e. The van der Waals surface area contributed by atoms with Gasteiger partial charge in [0.1, 0.15) is 5.78 Å². The van der Waals surface area contributed by atoms with Crippen LogP contribution in [0.25, 0.3) is 0 Å². The lowest BCUT2D eigenvalue weighted by Crippen LogP contribution is -2.33. The smallest absolute Gasteiger partial charge is 0.136 e. The average Bonchev–Trinajstić information content (AvgIpc) is 2.60. The second-order valence-electron chi connectivity index (χ2n) is 8.41. The van der Waals surface area contributed by atoms with Crippen LogP contribution >= 0.6 is 0 Å². The zero-order valence-electron chi connectivity index (χ0n) is 16.5. The molecule has 0 bridgehead atoms. The summed E-state index contributed by atoms with van der Waals surface area (Å²) in [7, 11) is 0. The Morgan fingerprint density at radius 2 is 1.76 bits per heavy atom. The molecular weight excluding hydrogens is 306 g/mol. The molecule has 0 amide bonds. The van der Waals surface area contributed by atoms with Gasteiger partial charge in [0.05, 0.1) is 0 Å². The van der Waals surface area contributed by atoms with E-state index in [9.17, 15) is 4.79 Å². The van der Waals surface area contributed by atoms with Gasteiger partial charge >= 0.3 is 0 Å². The molecule has 1 fully saturated rings. The molecule has 3 atom stereocenters. The number of carbonyl (C=O) groups is 1. The quantitative estimate of drug-likeness (QED) is 0.671. The lowest BCUT2D eigenvalue weighted by atomic mass is 9.68. The molecule has 0 saturated heterocycles. The molecule has 0 radical (unpaired) electrons. The molecule has 0 aliphatic heterocycles. The lowest BCUT2D eigenvalue weighted by molar-refractivity contribution is -0.127. The van der Waals surface area contributed by atoms with E-state index < -0.39 is 0 Å². The molecule has 0 heterocycles. The number of benzene rings is 1. The van der Waals surface area contributed by atoms with Crippen LogP contribution in [-0.4, -0.2) is 12.3 Å². The normalized spacial score (nSPS) is 23.8. The van der Waals surface area contributed by atoms with E-state index in [4.69, 9.17) is 5.73 Å². The number of aryl methyl sites for hydroxylation is 2. The van der Waals surface area contributed by atoms with Gasteiger partial charge in [0, 0.05) is 12.3 Å². The van der Waals surface area contributed by atoms with Crippen molar-refractivity contribution in [1.29, 1.82) is 0 Å². The Bertz CT molecular complexity index is 537. The van der Waals surface area contributed by atoms with Crippen molar-refractivity contribution in [1.82, 2.24) is 0 Å². The molecular formula is C23H37NO. The summed E-state index contributed by atoms with van der Waals surface area (Å²) >= 11 is 0. The fourth-order valence-corrected chi connectivity index (χ4v) is 4.55. The number of rotatable bonds is 9. The molecule has 2 rings (SSSR count). The van der Waals surface area contributed by atoms with Crippen LogP contribution in [0.2, 0.25) is 0 Å². The van der Waals surface area contributed by atoms with Crippen molar-refractivity contribution in [3.63, 3.8) is 0 Å². The van der Waals surface area contributed by atoms with Crippen LogP contribution in [-0.2, 0) is 17.6 Å². The summed E-state index contributed by atoms with van der Waals surface area (Å²) in [4.78, 5) is 12.9. The third kappa shape index (κ3) is 5.95. The predicted molar refractivity (Wildman–Crippen MR) is 107 cm³/mol. The molecule has 2 N–H and O–H groups in total. The van der Waals surface area contributed by atoms with Crippen LogP contribution in [0.4, 0.5) is 0 Å². The molecule has 1 aromatic rings. The second-order valence-corrected chi connectivity index (χ2v) is 8.41. The van der Waals surface area contributed by atoms with Gasteiger partial charge in [-0.2, -0.15) is 0 Å². The Balaban J connectivity index is 1.89. The summed E-state index contributed by atoms with van der Waals surface area (Å²) in [6.07, 6.45) is 8.45. The number of nitrogens with two attached hydrogens (primary N) is 1. The van der Waals surface area contributed by atoms with Crippen molar-refractivity contribution in [3.05, 3.63) is 35.4 Å². The highest BCUT2D eigenvalue weighted by Gasteiger charge is 2.34. The van der Waals surface area contributed by atoms with Crippen LogP contribution in [0, 0.1) is 23.7 Å². The van der Waals surface area contributed by atoms with Gasteiger partial charge in [0.15, 0.2) is 0 Å². The maximum Gasteiger partial charge on any atom is 0.136 e. The molecule has 0 spiro atoms. The van der Waals surface area contributed by atoms with Gasteiger partial charge in [-0.15, -0.1) is 0 Å². The highest BCUT2D eigenvalue weighted by molar-refractivity contribution is 5.81. The number of hydrogen-bond acceptors (Lipinski definition) is 2. The van der Waals surface area contributed by atoms with Crippen molar-refractivity contribution in [3.8, 4) is 0 Å². The van der Waals surface area contributed by atoms with E-state index in [0.29, 0.717) is 29.5 Å². The predicted octanol–water partition coefficient (Wildman–Crippen LogP) is 5.18. The van der Waals surface area contributed by atoms with Gasteiger partial charge in [-0.25, -0.2) is 0 Å². The third-order valence-corrected chi connectivity index (χ3v) is 6.07. The van der Waals surface area contributed by atoms with Crippen molar-refractivity contribution < 1.29 is 4.79 Å². The Morgan fingerprint density at radius 3 is 2.36 bits per heavy atom. The fraction of sp³-hybridized carbons (Fsp3) is 0.696. The highest BCUT2D eigenvalue weighted by Crippen LogP contribution is 2.39. The molecule has 1 aliphatic carbocycles. The van der Waals surface area contributed by atoms with Crippen molar-refractivity contribution in [2.24, 2.45) is 29.4 Å². The van der Waals surface area contributed by atoms with E-state index in [1.54, 1.807) is 0 Å². The summed E-state index contributed by atoms with van der Waals surface area (Å²) in [5.41, 5.74) is 8.47. The topological polar surface area (TPSA) is 43.1 Å². The molecule has 0 aromatic heterocycles. The van der Waals surface area contributed by atoms with Crippen LogP contribution in [0.5, 0.6) is 0 Å². The van der Waals surface area contributed by atoms with Gasteiger partial charge in [-0.05, 0) is 74.0 Å². The van der Waals surface area contributed by atoms with E-state index in [1.165, 1.54) is 24.0 Å². The van der Waals surface area contributed by atoms with Crippen molar-refractivity contribution >= 4 is 5.78 Å². The first-order valence-electron chi connectivity index (χ1n) is 10.3. The first-order chi connectivity index (χ1) is 12.0. The molecule has 1 unspecified atom stereocenters. The molecule has 1 aliphatic rings. The highest BCUT2D eigenvalue weighted by atomic mass is 16.1. The molecule has 1 aromatic carbocycles. The molecule has 25 heavy (non-hydrogen) atoms. The summed E-state index contributed by atoms with van der Waals surface area (Å²) in [5.74, 6) is 2.75. The summed E-state index contributed by atoms with van der Waals surface area (Å²) < 4.78 is 0. The average molecular weight is 344 g/mol. The van der Waals surface area contributed by atoms with Crippen LogP contribution in [0.3, 0.4) is 0 Å². The summed E-state index contributed by atoms with van der Waals surface area (Å²) in [5, 5.41) is 0. The summed E-state index contributed by atoms with van der Waals surface area (Å²) in [6, 6.07) is 8.65. The molecule has 140 valence electrons. The zero-order chi connectivity index (χ0) is 18.2. The van der Waals surface area contributed by atoms with Gasteiger partial charge in [-0.3, -0.25) is 4.79 Å². The SMILES string of the molecule is CC1CC[C@@H](C(C)C)[C@H](C(=O)CCCc2ccccc2CCCN)C1. The lowest BCUT2D eigenvalue weighted by Gasteiger charge is -2.36. The summed E-state index contributed by atoms with van der Waals surface area (Å²) in [6.45, 7) is 7.62. The second kappa shape index (κ2) is 10.1. The number of carbonyl (C=O) groups excluding carboxylic acids is 1. The van der Waals surface area contributed by atoms with Gasteiger partial charge in [0.25, 0.3) is 0 Å². The zero-order valence-corrected chi connectivity index (χ0v) is 16.5. The van der Waals surface area contributed by atoms with E-state index in [1.807, 2.05) is 0 Å².